The molecule has 0 aromatic carbocycles. The van der Waals surface area contributed by atoms with E-state index in [4.69, 9.17) is 0 Å². The van der Waals surface area contributed by atoms with Gasteiger partial charge in [0.05, 0.1) is 5.60 Å². The maximum Gasteiger partial charge on any atom is 0.156 e. The first-order valence-corrected chi connectivity index (χ1v) is 6.36. The van der Waals surface area contributed by atoms with E-state index in [9.17, 15) is 9.90 Å². The van der Waals surface area contributed by atoms with Gasteiger partial charge in [0.25, 0.3) is 0 Å². The zero-order valence-corrected chi connectivity index (χ0v) is 11.0. The minimum atomic E-state index is -0.736. The average Bonchev–Trinajstić information content (AvgIpc) is 2.20. The predicted octanol–water partition coefficient (Wildman–Crippen LogP) is 3.02. The molecule has 0 heterocycles. The number of aliphatic hydroxyl groups is 1. The Labute approximate surface area is 103 Å². The number of ketones is 1. The van der Waals surface area contributed by atoms with Crippen molar-refractivity contribution in [3.8, 4) is 0 Å². The molecule has 17 heavy (non-hydrogen) atoms. The molecule has 2 nitrogen and oxygen atoms in total. The lowest BCUT2D eigenvalue weighted by Gasteiger charge is -2.50. The van der Waals surface area contributed by atoms with Crippen molar-refractivity contribution >= 4 is 5.78 Å². The summed E-state index contributed by atoms with van der Waals surface area (Å²) in [5.41, 5.74) is 1.28. The zero-order valence-electron chi connectivity index (χ0n) is 11.0. The van der Waals surface area contributed by atoms with Crippen molar-refractivity contribution in [3.63, 3.8) is 0 Å². The Morgan fingerprint density at radius 1 is 1.53 bits per heavy atom. The largest absolute Gasteiger partial charge is 0.386 e. The van der Waals surface area contributed by atoms with Crippen molar-refractivity contribution in [1.29, 1.82) is 0 Å². The van der Waals surface area contributed by atoms with Gasteiger partial charge in [-0.2, -0.15) is 0 Å². The number of carbonyl (C=O) groups excluding carboxylic acids is 1. The van der Waals surface area contributed by atoms with Gasteiger partial charge in [-0.15, -0.1) is 0 Å². The summed E-state index contributed by atoms with van der Waals surface area (Å²) in [6, 6.07) is 0. The highest BCUT2D eigenvalue weighted by Gasteiger charge is 2.49. The van der Waals surface area contributed by atoms with E-state index in [0.29, 0.717) is 18.8 Å². The maximum absolute atomic E-state index is 11.7. The topological polar surface area (TPSA) is 37.3 Å². The van der Waals surface area contributed by atoms with E-state index in [1.54, 1.807) is 6.08 Å². The molecule has 0 radical (unpaired) electrons. The molecule has 0 aromatic heterocycles. The first-order valence-electron chi connectivity index (χ1n) is 6.36. The van der Waals surface area contributed by atoms with Crippen LogP contribution in [-0.2, 0) is 4.79 Å². The van der Waals surface area contributed by atoms with Gasteiger partial charge in [-0.1, -0.05) is 19.1 Å². The second-order valence-corrected chi connectivity index (χ2v) is 6.25. The summed E-state index contributed by atoms with van der Waals surface area (Å²) in [5, 5.41) is 10.6. The molecule has 1 fully saturated rings. The van der Waals surface area contributed by atoms with Crippen LogP contribution < -0.4 is 0 Å². The lowest BCUT2D eigenvalue weighted by atomic mass is 9.56. The molecular formula is C15H22O2. The number of rotatable bonds is 1. The van der Waals surface area contributed by atoms with E-state index >= 15 is 0 Å². The molecule has 1 N–H and O–H groups in total. The van der Waals surface area contributed by atoms with E-state index in [0.717, 1.165) is 24.0 Å². The van der Waals surface area contributed by atoms with E-state index in [2.05, 4.69) is 13.5 Å². The minimum absolute atomic E-state index is 0.0393. The molecule has 94 valence electrons. The fourth-order valence-corrected chi connectivity index (χ4v) is 3.47. The van der Waals surface area contributed by atoms with Crippen LogP contribution in [0.5, 0.6) is 0 Å². The third kappa shape index (κ3) is 1.99. The average molecular weight is 234 g/mol. The van der Waals surface area contributed by atoms with E-state index in [1.807, 2.05) is 13.8 Å². The van der Waals surface area contributed by atoms with Crippen molar-refractivity contribution in [2.24, 2.45) is 11.3 Å². The van der Waals surface area contributed by atoms with Crippen LogP contribution in [0.1, 0.15) is 46.5 Å². The lowest BCUT2D eigenvalue weighted by molar-refractivity contribution is -0.121. The Morgan fingerprint density at radius 3 is 2.76 bits per heavy atom. The van der Waals surface area contributed by atoms with Crippen LogP contribution in [-0.4, -0.2) is 16.5 Å². The normalized spacial score (nSPS) is 41.8. The van der Waals surface area contributed by atoms with Crippen LogP contribution in [0.2, 0.25) is 0 Å². The molecule has 0 spiro atoms. The smallest absolute Gasteiger partial charge is 0.156 e. The molecule has 1 saturated carbocycles. The van der Waals surface area contributed by atoms with Gasteiger partial charge < -0.3 is 5.11 Å². The molecule has 0 aliphatic heterocycles. The van der Waals surface area contributed by atoms with E-state index < -0.39 is 5.60 Å². The molecule has 0 bridgehead atoms. The Morgan fingerprint density at radius 2 is 2.18 bits per heavy atom. The molecule has 0 unspecified atom stereocenters. The summed E-state index contributed by atoms with van der Waals surface area (Å²) in [6.45, 7) is 10.0. The third-order valence-electron chi connectivity index (χ3n) is 4.80. The Hall–Kier alpha value is -0.890. The molecule has 2 rings (SSSR count). The van der Waals surface area contributed by atoms with Crippen molar-refractivity contribution in [3.05, 3.63) is 23.8 Å². The number of hydrogen-bond donors (Lipinski definition) is 1. The molecule has 0 aromatic rings. The maximum atomic E-state index is 11.7. The Balaban J connectivity index is 2.33. The van der Waals surface area contributed by atoms with E-state index in [1.165, 1.54) is 0 Å². The van der Waals surface area contributed by atoms with Crippen LogP contribution in [0.25, 0.3) is 0 Å². The summed E-state index contributed by atoms with van der Waals surface area (Å²) in [5.74, 6) is 0.553. The molecule has 2 heteroatoms. The molecule has 2 aliphatic carbocycles. The lowest BCUT2D eigenvalue weighted by Crippen LogP contribution is -2.47. The van der Waals surface area contributed by atoms with Crippen molar-refractivity contribution in [2.75, 3.05) is 0 Å². The highest BCUT2D eigenvalue weighted by Crippen LogP contribution is 2.53. The molecule has 3 atom stereocenters. The molecular weight excluding hydrogens is 212 g/mol. The summed E-state index contributed by atoms with van der Waals surface area (Å²) in [7, 11) is 0. The van der Waals surface area contributed by atoms with Crippen molar-refractivity contribution < 1.29 is 9.90 Å². The van der Waals surface area contributed by atoms with Gasteiger partial charge in [-0.3, -0.25) is 4.79 Å². The summed E-state index contributed by atoms with van der Waals surface area (Å²) in [6.07, 6.45) is 4.74. The quantitative estimate of drug-likeness (QED) is 0.708. The second-order valence-electron chi connectivity index (χ2n) is 6.25. The fourth-order valence-electron chi connectivity index (χ4n) is 3.47. The van der Waals surface area contributed by atoms with E-state index in [-0.39, 0.29) is 11.2 Å². The highest BCUT2D eigenvalue weighted by atomic mass is 16.3. The van der Waals surface area contributed by atoms with Crippen LogP contribution in [0.15, 0.2) is 23.8 Å². The monoisotopic (exact) mass is 234 g/mol. The minimum Gasteiger partial charge on any atom is -0.386 e. The van der Waals surface area contributed by atoms with Gasteiger partial charge in [0, 0.05) is 6.42 Å². The Kier molecular flexibility index (Phi) is 2.81. The number of allylic oxidation sites excluding steroid dienone is 2. The third-order valence-corrected chi connectivity index (χ3v) is 4.80. The molecule has 0 saturated heterocycles. The Bertz CT molecular complexity index is 407. The fraction of sp³-hybridized carbons (Fsp3) is 0.667. The highest BCUT2D eigenvalue weighted by molar-refractivity contribution is 5.92. The summed E-state index contributed by atoms with van der Waals surface area (Å²) in [4.78, 5) is 11.7. The van der Waals surface area contributed by atoms with Crippen molar-refractivity contribution in [2.45, 2.75) is 52.1 Å². The van der Waals surface area contributed by atoms with Crippen molar-refractivity contribution in [1.82, 2.24) is 0 Å². The van der Waals surface area contributed by atoms with Crippen LogP contribution in [0, 0.1) is 11.3 Å². The number of fused-ring (bicyclic) bond motifs is 1. The van der Waals surface area contributed by atoms with Gasteiger partial charge in [0.1, 0.15) is 0 Å². The summed E-state index contributed by atoms with van der Waals surface area (Å²) >= 11 is 0. The standard InChI is InChI=1S/C15H22O2/c1-10(2)15(17)6-5-14(4)8-12(16)7-11(3)13(14)9-15/h7,13,17H,1,5-6,8-9H2,2-4H3/t13-,14+,15-/m0/s1. The molecule has 0 amide bonds. The van der Waals surface area contributed by atoms with Gasteiger partial charge in [0.2, 0.25) is 0 Å². The number of hydrogen-bond acceptors (Lipinski definition) is 2. The second kappa shape index (κ2) is 3.81. The zero-order chi connectivity index (χ0) is 12.8. The van der Waals surface area contributed by atoms with Gasteiger partial charge in [0.15, 0.2) is 5.78 Å². The van der Waals surface area contributed by atoms with Crippen LogP contribution in [0.4, 0.5) is 0 Å². The summed E-state index contributed by atoms with van der Waals surface area (Å²) < 4.78 is 0. The van der Waals surface area contributed by atoms with Gasteiger partial charge in [-0.05, 0) is 56.1 Å². The molecule has 2 aliphatic rings. The van der Waals surface area contributed by atoms with Crippen LogP contribution >= 0.6 is 0 Å². The predicted molar refractivity (Wildman–Crippen MR) is 68.6 cm³/mol. The van der Waals surface area contributed by atoms with Gasteiger partial charge >= 0.3 is 0 Å². The first kappa shape index (κ1) is 12.6. The number of carbonyl (C=O) groups is 1. The first-order chi connectivity index (χ1) is 7.77. The van der Waals surface area contributed by atoms with Gasteiger partial charge in [-0.25, -0.2) is 0 Å². The SMILES string of the molecule is C=C(C)[C@]1(O)CC[C@]2(C)CC(=O)C=C(C)[C@@H]2C1. The van der Waals surface area contributed by atoms with Crippen LogP contribution in [0.3, 0.4) is 0 Å².